The predicted octanol–water partition coefficient (Wildman–Crippen LogP) is 4.32. The fourth-order valence-electron chi connectivity index (χ4n) is 3.21. The average Bonchev–Trinajstić information content (AvgIpc) is 2.78. The minimum absolute atomic E-state index is 0.0794. The van der Waals surface area contributed by atoms with E-state index in [2.05, 4.69) is 0 Å². The van der Waals surface area contributed by atoms with Crippen LogP contribution in [0.3, 0.4) is 0 Å². The van der Waals surface area contributed by atoms with Crippen molar-refractivity contribution in [1.29, 1.82) is 0 Å². The lowest BCUT2D eigenvalue weighted by atomic mass is 10.1. The summed E-state index contributed by atoms with van der Waals surface area (Å²) in [6, 6.07) is 19.4. The van der Waals surface area contributed by atoms with Gasteiger partial charge in [-0.1, -0.05) is 42.0 Å². The van der Waals surface area contributed by atoms with E-state index in [0.717, 1.165) is 11.1 Å². The smallest absolute Gasteiger partial charge is 0.254 e. The second-order valence-corrected chi connectivity index (χ2v) is 7.25. The van der Waals surface area contributed by atoms with Crippen molar-refractivity contribution in [2.24, 2.45) is 5.73 Å². The van der Waals surface area contributed by atoms with E-state index < -0.39 is 0 Å². The molecule has 0 bridgehead atoms. The number of halogens is 1. The zero-order chi connectivity index (χ0) is 22.2. The molecule has 5 nitrogen and oxygen atoms in total. The number of benzene rings is 3. The van der Waals surface area contributed by atoms with Gasteiger partial charge < -0.3 is 20.1 Å². The highest BCUT2D eigenvalue weighted by Crippen LogP contribution is 2.29. The molecule has 0 spiro atoms. The molecule has 0 aliphatic heterocycles. The number of hydrogen-bond donors (Lipinski definition) is 1. The summed E-state index contributed by atoms with van der Waals surface area (Å²) in [5.74, 6) is 0.628. The second kappa shape index (κ2) is 10.6. The molecule has 0 radical (unpaired) electrons. The number of carbonyl (C=O) groups excluding carboxylic acids is 1. The summed E-state index contributed by atoms with van der Waals surface area (Å²) in [5, 5.41) is 0. The van der Waals surface area contributed by atoms with Crippen LogP contribution in [0.15, 0.2) is 66.7 Å². The van der Waals surface area contributed by atoms with Crippen LogP contribution < -0.4 is 15.2 Å². The quantitative estimate of drug-likeness (QED) is 0.558. The highest BCUT2D eigenvalue weighted by molar-refractivity contribution is 5.94. The maximum absolute atomic E-state index is 13.8. The Balaban J connectivity index is 1.74. The van der Waals surface area contributed by atoms with E-state index >= 15 is 0 Å². The van der Waals surface area contributed by atoms with E-state index in [0.29, 0.717) is 42.3 Å². The van der Waals surface area contributed by atoms with Gasteiger partial charge in [-0.25, -0.2) is 4.39 Å². The minimum atomic E-state index is -0.315. The molecule has 0 atom stereocenters. The summed E-state index contributed by atoms with van der Waals surface area (Å²) >= 11 is 0. The van der Waals surface area contributed by atoms with Gasteiger partial charge in [-0.3, -0.25) is 4.79 Å². The van der Waals surface area contributed by atoms with Gasteiger partial charge in [0.05, 0.1) is 7.11 Å². The van der Waals surface area contributed by atoms with E-state index in [1.54, 1.807) is 36.3 Å². The monoisotopic (exact) mass is 422 g/mol. The van der Waals surface area contributed by atoms with Crippen LogP contribution in [0.5, 0.6) is 11.5 Å². The first-order valence-corrected chi connectivity index (χ1v) is 10.1. The molecule has 3 aromatic carbocycles. The zero-order valence-corrected chi connectivity index (χ0v) is 17.8. The summed E-state index contributed by atoms with van der Waals surface area (Å²) in [6.07, 6.45) is 0. The van der Waals surface area contributed by atoms with E-state index in [4.69, 9.17) is 15.2 Å². The SMILES string of the molecule is COc1cc(CN(CCN)C(=O)c2ccc(C)cc2)ccc1OCc1ccccc1F. The Hall–Kier alpha value is -3.38. The number of rotatable bonds is 9. The molecular weight excluding hydrogens is 395 g/mol. The molecule has 2 N–H and O–H groups in total. The van der Waals surface area contributed by atoms with E-state index in [9.17, 15) is 9.18 Å². The third-order valence-electron chi connectivity index (χ3n) is 4.93. The van der Waals surface area contributed by atoms with Crippen molar-refractivity contribution in [3.8, 4) is 11.5 Å². The van der Waals surface area contributed by atoms with E-state index in [1.807, 2.05) is 43.3 Å². The molecule has 0 aliphatic carbocycles. The standard InChI is InChI=1S/C25H27FN2O3/c1-18-7-10-20(11-8-18)25(29)28(14-13-27)16-19-9-12-23(24(15-19)30-2)31-17-21-5-3-4-6-22(21)26/h3-12,15H,13-14,16-17,27H2,1-2H3. The van der Waals surface area contributed by atoms with Crippen molar-refractivity contribution in [2.75, 3.05) is 20.2 Å². The zero-order valence-electron chi connectivity index (χ0n) is 17.8. The lowest BCUT2D eigenvalue weighted by Gasteiger charge is -2.23. The van der Waals surface area contributed by atoms with E-state index in [1.165, 1.54) is 6.07 Å². The van der Waals surface area contributed by atoms with Crippen LogP contribution in [0.4, 0.5) is 4.39 Å². The molecule has 0 aromatic heterocycles. The Kier molecular flexibility index (Phi) is 7.62. The molecule has 1 amide bonds. The number of aryl methyl sites for hydroxylation is 1. The number of amides is 1. The van der Waals surface area contributed by atoms with Crippen LogP contribution in [0, 0.1) is 12.7 Å². The maximum atomic E-state index is 13.8. The average molecular weight is 423 g/mol. The van der Waals surface area contributed by atoms with Gasteiger partial charge in [0.2, 0.25) is 0 Å². The summed E-state index contributed by atoms with van der Waals surface area (Å²) < 4.78 is 25.1. The lowest BCUT2D eigenvalue weighted by molar-refractivity contribution is 0.0748. The highest BCUT2D eigenvalue weighted by Gasteiger charge is 2.17. The molecule has 162 valence electrons. The minimum Gasteiger partial charge on any atom is -0.493 e. The maximum Gasteiger partial charge on any atom is 0.254 e. The summed E-state index contributed by atoms with van der Waals surface area (Å²) in [5.41, 5.74) is 8.80. The number of nitrogens with two attached hydrogens (primary N) is 1. The molecule has 0 heterocycles. The molecule has 0 fully saturated rings. The first-order valence-electron chi connectivity index (χ1n) is 10.1. The van der Waals surface area contributed by atoms with Gasteiger partial charge in [0.1, 0.15) is 12.4 Å². The van der Waals surface area contributed by atoms with Crippen molar-refractivity contribution in [1.82, 2.24) is 4.90 Å². The van der Waals surface area contributed by atoms with Crippen LogP contribution in [-0.4, -0.2) is 31.0 Å². The number of nitrogens with zero attached hydrogens (tertiary/aromatic N) is 1. The Labute approximate surface area is 182 Å². The normalized spacial score (nSPS) is 10.6. The van der Waals surface area contributed by atoms with Crippen LogP contribution in [0.25, 0.3) is 0 Å². The summed E-state index contributed by atoms with van der Waals surface area (Å²) in [4.78, 5) is 14.6. The first-order chi connectivity index (χ1) is 15.0. The van der Waals surface area contributed by atoms with Crippen molar-refractivity contribution in [2.45, 2.75) is 20.1 Å². The van der Waals surface area contributed by atoms with Gasteiger partial charge in [0.25, 0.3) is 5.91 Å². The number of carbonyl (C=O) groups is 1. The van der Waals surface area contributed by atoms with Crippen LogP contribution >= 0.6 is 0 Å². The summed E-state index contributed by atoms with van der Waals surface area (Å²) in [7, 11) is 1.55. The molecule has 0 saturated carbocycles. The van der Waals surface area contributed by atoms with Gasteiger partial charge in [-0.15, -0.1) is 0 Å². The molecule has 31 heavy (non-hydrogen) atoms. The molecular formula is C25H27FN2O3. The first kappa shape index (κ1) is 22.3. The fourth-order valence-corrected chi connectivity index (χ4v) is 3.21. The third-order valence-corrected chi connectivity index (χ3v) is 4.93. The Morgan fingerprint density at radius 2 is 1.77 bits per heavy atom. The number of methoxy groups -OCH3 is 1. The molecule has 3 rings (SSSR count). The second-order valence-electron chi connectivity index (χ2n) is 7.25. The van der Waals surface area contributed by atoms with Gasteiger partial charge >= 0.3 is 0 Å². The molecule has 0 saturated heterocycles. The summed E-state index contributed by atoms with van der Waals surface area (Å²) in [6.45, 7) is 3.24. The van der Waals surface area contributed by atoms with E-state index in [-0.39, 0.29) is 18.3 Å². The van der Waals surface area contributed by atoms with Crippen molar-refractivity contribution < 1.29 is 18.7 Å². The predicted molar refractivity (Wildman–Crippen MR) is 119 cm³/mol. The van der Waals surface area contributed by atoms with Crippen LogP contribution in [-0.2, 0) is 13.2 Å². The number of hydrogen-bond acceptors (Lipinski definition) is 4. The van der Waals surface area contributed by atoms with Gasteiger partial charge in [0.15, 0.2) is 11.5 Å². The molecule has 0 unspecified atom stereocenters. The number of ether oxygens (including phenoxy) is 2. The third kappa shape index (κ3) is 5.83. The van der Waals surface area contributed by atoms with Crippen LogP contribution in [0.1, 0.15) is 27.0 Å². The van der Waals surface area contributed by atoms with Crippen molar-refractivity contribution in [3.05, 3.63) is 94.8 Å². The van der Waals surface area contributed by atoms with Crippen molar-refractivity contribution in [3.63, 3.8) is 0 Å². The Morgan fingerprint density at radius 1 is 1.03 bits per heavy atom. The molecule has 6 heteroatoms. The van der Waals surface area contributed by atoms with Crippen LogP contribution in [0.2, 0.25) is 0 Å². The van der Waals surface area contributed by atoms with Gasteiger partial charge in [-0.2, -0.15) is 0 Å². The topological polar surface area (TPSA) is 64.8 Å². The van der Waals surface area contributed by atoms with Gasteiger partial charge in [0, 0.05) is 30.8 Å². The Bertz CT molecular complexity index is 1020. The fraction of sp³-hybridized carbons (Fsp3) is 0.240. The van der Waals surface area contributed by atoms with Gasteiger partial charge in [-0.05, 0) is 42.8 Å². The lowest BCUT2D eigenvalue weighted by Crippen LogP contribution is -2.34. The Morgan fingerprint density at radius 3 is 2.45 bits per heavy atom. The van der Waals surface area contributed by atoms with Crippen molar-refractivity contribution >= 4 is 5.91 Å². The molecule has 0 aliphatic rings. The largest absolute Gasteiger partial charge is 0.493 e. The molecule has 3 aromatic rings. The highest BCUT2D eigenvalue weighted by atomic mass is 19.1.